The van der Waals surface area contributed by atoms with Crippen LogP contribution in [0.1, 0.15) is 52.8 Å². The van der Waals surface area contributed by atoms with Gasteiger partial charge in [-0.2, -0.15) is 0 Å². The lowest BCUT2D eigenvalue weighted by Gasteiger charge is -2.28. The van der Waals surface area contributed by atoms with E-state index in [-0.39, 0.29) is 0 Å². The minimum absolute atomic E-state index is 0.387. The Morgan fingerprint density at radius 3 is 2.60 bits per heavy atom. The molecule has 0 bridgehead atoms. The number of unbranched alkanes of at least 4 members (excludes halogenated alkanes) is 2. The van der Waals surface area contributed by atoms with Crippen molar-refractivity contribution >= 4 is 17.4 Å². The predicted octanol–water partition coefficient (Wildman–Crippen LogP) is 4.07. The van der Waals surface area contributed by atoms with Crippen molar-refractivity contribution < 1.29 is 4.74 Å². The van der Waals surface area contributed by atoms with Crippen LogP contribution in [0.5, 0.6) is 0 Å². The molecular weight excluding hydrogens is 274 g/mol. The van der Waals surface area contributed by atoms with E-state index in [9.17, 15) is 0 Å². The fourth-order valence-corrected chi connectivity index (χ4v) is 2.22. The number of ether oxygens (including phenoxy) is 1. The molecule has 0 fully saturated rings. The molecule has 0 saturated heterocycles. The van der Waals surface area contributed by atoms with Crippen molar-refractivity contribution in [1.29, 1.82) is 0 Å². The summed E-state index contributed by atoms with van der Waals surface area (Å²) in [5.74, 6) is 1.54. The number of halogens is 1. The third kappa shape index (κ3) is 5.63. The van der Waals surface area contributed by atoms with Gasteiger partial charge in [-0.3, -0.25) is 0 Å². The summed E-state index contributed by atoms with van der Waals surface area (Å²) >= 11 is 6.11. The van der Waals surface area contributed by atoms with Crippen molar-refractivity contribution in [3.05, 3.63) is 17.0 Å². The molecule has 0 spiro atoms. The van der Waals surface area contributed by atoms with Gasteiger partial charge in [0.2, 0.25) is 0 Å². The monoisotopic (exact) mass is 299 g/mol. The molecule has 0 radical (unpaired) electrons. The van der Waals surface area contributed by atoms with E-state index in [1.165, 1.54) is 12.8 Å². The number of aromatic nitrogens is 2. The minimum atomic E-state index is 0.387. The van der Waals surface area contributed by atoms with Crippen molar-refractivity contribution in [3.8, 4) is 0 Å². The largest absolute Gasteiger partial charge is 0.374 e. The van der Waals surface area contributed by atoms with Crippen LogP contribution in [-0.4, -0.2) is 29.2 Å². The minimum Gasteiger partial charge on any atom is -0.374 e. The van der Waals surface area contributed by atoms with E-state index < -0.39 is 0 Å². The van der Waals surface area contributed by atoms with Gasteiger partial charge in [0.05, 0.1) is 0 Å². The molecule has 1 heterocycles. The number of nitrogens with zero attached hydrogens (tertiary/aromatic N) is 3. The zero-order valence-electron chi connectivity index (χ0n) is 13.0. The number of rotatable bonds is 9. The van der Waals surface area contributed by atoms with Gasteiger partial charge >= 0.3 is 0 Å². The second-order valence-electron chi connectivity index (χ2n) is 5.10. The normalized spacial score (nSPS) is 11.1. The lowest BCUT2D eigenvalue weighted by Crippen LogP contribution is -2.32. The maximum atomic E-state index is 6.11. The summed E-state index contributed by atoms with van der Waals surface area (Å²) in [5.41, 5.74) is 0. The van der Waals surface area contributed by atoms with Gasteiger partial charge in [-0.15, -0.1) is 0 Å². The van der Waals surface area contributed by atoms with Crippen molar-refractivity contribution in [2.45, 2.75) is 59.6 Å². The molecule has 0 N–H and O–H groups in total. The summed E-state index contributed by atoms with van der Waals surface area (Å²) in [6.45, 7) is 10.6. The fraction of sp³-hybridized carbons (Fsp3) is 0.733. The summed E-state index contributed by atoms with van der Waals surface area (Å²) in [4.78, 5) is 11.1. The van der Waals surface area contributed by atoms with Crippen LogP contribution in [0, 0.1) is 0 Å². The molecule has 1 aromatic heterocycles. The number of hydrogen-bond donors (Lipinski definition) is 0. The van der Waals surface area contributed by atoms with Crippen LogP contribution < -0.4 is 4.90 Å². The Labute approximate surface area is 127 Å². The first-order valence-corrected chi connectivity index (χ1v) is 7.84. The lowest BCUT2D eigenvalue weighted by molar-refractivity contribution is 0.128. The van der Waals surface area contributed by atoms with E-state index in [1.807, 2.05) is 13.0 Å². The van der Waals surface area contributed by atoms with E-state index in [2.05, 4.69) is 35.6 Å². The summed E-state index contributed by atoms with van der Waals surface area (Å²) in [6, 6.07) is 2.22. The molecule has 5 heteroatoms. The average molecular weight is 300 g/mol. The molecule has 0 aliphatic heterocycles. The van der Waals surface area contributed by atoms with E-state index in [0.29, 0.717) is 30.2 Å². The molecule has 0 unspecified atom stereocenters. The third-order valence-corrected chi connectivity index (χ3v) is 3.28. The van der Waals surface area contributed by atoms with Gasteiger partial charge in [-0.05, 0) is 27.2 Å². The third-order valence-electron chi connectivity index (χ3n) is 3.08. The average Bonchev–Trinajstić information content (AvgIpc) is 2.40. The van der Waals surface area contributed by atoms with E-state index in [4.69, 9.17) is 16.3 Å². The molecule has 1 rings (SSSR count). The Kier molecular flexibility index (Phi) is 7.85. The van der Waals surface area contributed by atoms with Gasteiger partial charge in [0.15, 0.2) is 5.82 Å². The summed E-state index contributed by atoms with van der Waals surface area (Å²) < 4.78 is 5.37. The van der Waals surface area contributed by atoms with Crippen LogP contribution in [0.2, 0.25) is 5.15 Å². The van der Waals surface area contributed by atoms with Crippen LogP contribution in [0.25, 0.3) is 0 Å². The molecule has 0 saturated carbocycles. The first-order chi connectivity index (χ1) is 9.58. The first-order valence-electron chi connectivity index (χ1n) is 7.46. The molecule has 114 valence electrons. The lowest BCUT2D eigenvalue weighted by atomic mass is 10.2. The molecular formula is C15H26ClN3O. The zero-order chi connectivity index (χ0) is 15.0. The number of anilines is 1. The Hall–Kier alpha value is -0.870. The molecule has 0 aromatic carbocycles. The smallest absolute Gasteiger partial charge is 0.158 e. The maximum Gasteiger partial charge on any atom is 0.158 e. The topological polar surface area (TPSA) is 38.2 Å². The van der Waals surface area contributed by atoms with Crippen molar-refractivity contribution in [2.24, 2.45) is 0 Å². The van der Waals surface area contributed by atoms with Gasteiger partial charge in [0.1, 0.15) is 17.6 Å². The zero-order valence-corrected chi connectivity index (χ0v) is 13.8. The standard InChI is InChI=1S/C15H26ClN3O/c1-5-7-8-9-19(12(3)4)15-10-13(16)17-14(18-15)11-20-6-2/h10,12H,5-9,11H2,1-4H3. The molecule has 20 heavy (non-hydrogen) atoms. The Balaban J connectivity index is 2.85. The second kappa shape index (κ2) is 9.14. The fourth-order valence-electron chi connectivity index (χ4n) is 2.03. The van der Waals surface area contributed by atoms with Crippen LogP contribution >= 0.6 is 11.6 Å². The van der Waals surface area contributed by atoms with E-state index in [1.54, 1.807) is 0 Å². The van der Waals surface area contributed by atoms with Crippen molar-refractivity contribution in [3.63, 3.8) is 0 Å². The second-order valence-corrected chi connectivity index (χ2v) is 5.48. The van der Waals surface area contributed by atoms with Crippen molar-refractivity contribution in [2.75, 3.05) is 18.1 Å². The molecule has 4 nitrogen and oxygen atoms in total. The van der Waals surface area contributed by atoms with Gasteiger partial charge in [-0.1, -0.05) is 31.4 Å². The van der Waals surface area contributed by atoms with Gasteiger partial charge in [-0.25, -0.2) is 9.97 Å². The number of hydrogen-bond acceptors (Lipinski definition) is 4. The first kappa shape index (κ1) is 17.2. The molecule has 0 amide bonds. The highest BCUT2D eigenvalue weighted by atomic mass is 35.5. The molecule has 1 aromatic rings. The van der Waals surface area contributed by atoms with E-state index >= 15 is 0 Å². The SMILES string of the molecule is CCCCCN(c1cc(Cl)nc(COCC)n1)C(C)C. The molecule has 0 aliphatic carbocycles. The Morgan fingerprint density at radius 1 is 1.25 bits per heavy atom. The molecule has 0 aliphatic rings. The molecule has 0 atom stereocenters. The van der Waals surface area contributed by atoms with Crippen molar-refractivity contribution in [1.82, 2.24) is 9.97 Å². The predicted molar refractivity (Wildman–Crippen MR) is 84.4 cm³/mol. The van der Waals surface area contributed by atoms with Crippen LogP contribution in [0.15, 0.2) is 6.07 Å². The highest BCUT2D eigenvalue weighted by molar-refractivity contribution is 6.29. The van der Waals surface area contributed by atoms with Gasteiger partial charge in [0.25, 0.3) is 0 Å². The van der Waals surface area contributed by atoms with Gasteiger partial charge < -0.3 is 9.64 Å². The summed E-state index contributed by atoms with van der Waals surface area (Å²) in [5, 5.41) is 0.478. The highest BCUT2D eigenvalue weighted by Gasteiger charge is 2.14. The summed E-state index contributed by atoms with van der Waals surface area (Å²) in [7, 11) is 0. The maximum absolute atomic E-state index is 6.11. The quantitative estimate of drug-likeness (QED) is 0.509. The highest BCUT2D eigenvalue weighted by Crippen LogP contribution is 2.19. The summed E-state index contributed by atoms with van der Waals surface area (Å²) in [6.07, 6.45) is 3.61. The van der Waals surface area contributed by atoms with Crippen LogP contribution in [0.3, 0.4) is 0 Å². The van der Waals surface area contributed by atoms with Crippen LogP contribution in [-0.2, 0) is 11.3 Å². The van der Waals surface area contributed by atoms with Crippen LogP contribution in [0.4, 0.5) is 5.82 Å². The Morgan fingerprint density at radius 2 is 2.00 bits per heavy atom. The van der Waals surface area contributed by atoms with Gasteiger partial charge in [0, 0.05) is 25.3 Å². The van der Waals surface area contributed by atoms with E-state index in [0.717, 1.165) is 18.8 Å². The Bertz CT molecular complexity index is 399.